The van der Waals surface area contributed by atoms with Gasteiger partial charge in [0.15, 0.2) is 5.65 Å². The fraction of sp³-hybridized carbons (Fsp3) is 0.0952. The van der Waals surface area contributed by atoms with Crippen molar-refractivity contribution in [3.63, 3.8) is 0 Å². The summed E-state index contributed by atoms with van der Waals surface area (Å²) in [5.74, 6) is -0.917. The van der Waals surface area contributed by atoms with Gasteiger partial charge >= 0.3 is 0 Å². The third-order valence-electron chi connectivity index (χ3n) is 4.68. The number of aromatic nitrogens is 3. The predicted octanol–water partition coefficient (Wildman–Crippen LogP) is 3.17. The highest BCUT2D eigenvalue weighted by molar-refractivity contribution is 7.91. The zero-order valence-electron chi connectivity index (χ0n) is 15.9. The lowest BCUT2D eigenvalue weighted by Gasteiger charge is -2.09. The van der Waals surface area contributed by atoms with E-state index < -0.39 is 15.7 Å². The molecule has 0 aliphatic rings. The molecule has 4 aromatic rings. The van der Waals surface area contributed by atoms with Gasteiger partial charge in [0.25, 0.3) is 5.91 Å². The van der Waals surface area contributed by atoms with Gasteiger partial charge in [0.2, 0.25) is 9.84 Å². The van der Waals surface area contributed by atoms with E-state index in [0.717, 1.165) is 17.0 Å². The summed E-state index contributed by atoms with van der Waals surface area (Å²) in [5, 5.41) is 10.1. The number of carbonyl (C=O) groups excluding carboxylic acids is 1. The summed E-state index contributed by atoms with van der Waals surface area (Å²) in [7, 11) is -3.84. The van der Waals surface area contributed by atoms with E-state index in [1.807, 2.05) is 0 Å². The Kier molecular flexibility index (Phi) is 5.04. The quantitative estimate of drug-likeness (QED) is 0.512. The second-order valence-corrected chi connectivity index (χ2v) is 8.69. The summed E-state index contributed by atoms with van der Waals surface area (Å²) >= 11 is 0. The molecule has 0 unspecified atom stereocenters. The number of aryl methyl sites for hydroxylation is 1. The minimum Gasteiger partial charge on any atom is -0.348 e. The SMILES string of the molecule is Cc1ccc(F)cc1S(=O)(=O)c1ccc(CNC(=O)c2cnc3[nH]ncc3c2)cc1. The van der Waals surface area contributed by atoms with Crippen LogP contribution in [0.4, 0.5) is 4.39 Å². The molecule has 0 saturated heterocycles. The molecule has 0 bridgehead atoms. The van der Waals surface area contributed by atoms with Crippen molar-refractivity contribution < 1.29 is 17.6 Å². The van der Waals surface area contributed by atoms with E-state index in [-0.39, 0.29) is 22.2 Å². The third-order valence-corrected chi connectivity index (χ3v) is 6.59. The molecule has 0 atom stereocenters. The van der Waals surface area contributed by atoms with Gasteiger partial charge in [-0.2, -0.15) is 5.10 Å². The lowest BCUT2D eigenvalue weighted by Crippen LogP contribution is -2.22. The van der Waals surface area contributed by atoms with Crippen molar-refractivity contribution in [2.24, 2.45) is 0 Å². The predicted molar refractivity (Wildman–Crippen MR) is 108 cm³/mol. The van der Waals surface area contributed by atoms with Gasteiger partial charge < -0.3 is 5.32 Å². The third kappa shape index (κ3) is 3.79. The number of nitrogens with zero attached hydrogens (tertiary/aromatic N) is 2. The Labute approximate surface area is 171 Å². The Balaban J connectivity index is 1.48. The summed E-state index contributed by atoms with van der Waals surface area (Å²) in [6.45, 7) is 1.83. The molecule has 0 fully saturated rings. The van der Waals surface area contributed by atoms with Crippen LogP contribution in [0.3, 0.4) is 0 Å². The molecule has 0 aliphatic carbocycles. The smallest absolute Gasteiger partial charge is 0.253 e. The van der Waals surface area contributed by atoms with Crippen LogP contribution in [0.5, 0.6) is 0 Å². The minimum absolute atomic E-state index is 0.0564. The first kappa shape index (κ1) is 19.7. The van der Waals surface area contributed by atoms with Crippen LogP contribution < -0.4 is 5.32 Å². The van der Waals surface area contributed by atoms with Crippen LogP contribution in [0.1, 0.15) is 21.5 Å². The number of carbonyl (C=O) groups is 1. The van der Waals surface area contributed by atoms with Crippen LogP contribution in [0, 0.1) is 12.7 Å². The van der Waals surface area contributed by atoms with Crippen molar-refractivity contribution >= 4 is 26.8 Å². The molecule has 0 saturated carbocycles. The molecule has 2 aromatic heterocycles. The second-order valence-electron chi connectivity index (χ2n) is 6.77. The molecule has 2 aromatic carbocycles. The Hall–Kier alpha value is -3.59. The molecule has 2 heterocycles. The highest BCUT2D eigenvalue weighted by atomic mass is 32.2. The first-order valence-electron chi connectivity index (χ1n) is 9.02. The molecule has 30 heavy (non-hydrogen) atoms. The molecule has 7 nitrogen and oxygen atoms in total. The summed E-state index contributed by atoms with van der Waals surface area (Å²) in [4.78, 5) is 16.5. The van der Waals surface area contributed by atoms with E-state index in [1.165, 1.54) is 30.5 Å². The number of benzene rings is 2. The van der Waals surface area contributed by atoms with Crippen LogP contribution in [-0.2, 0) is 16.4 Å². The normalized spacial score (nSPS) is 11.5. The van der Waals surface area contributed by atoms with E-state index in [4.69, 9.17) is 0 Å². The highest BCUT2D eigenvalue weighted by Crippen LogP contribution is 2.25. The van der Waals surface area contributed by atoms with Gasteiger partial charge in [-0.25, -0.2) is 17.8 Å². The first-order chi connectivity index (χ1) is 14.3. The topological polar surface area (TPSA) is 105 Å². The van der Waals surface area contributed by atoms with Crippen molar-refractivity contribution in [2.45, 2.75) is 23.3 Å². The molecule has 2 N–H and O–H groups in total. The van der Waals surface area contributed by atoms with Gasteiger partial charge in [-0.1, -0.05) is 18.2 Å². The van der Waals surface area contributed by atoms with Gasteiger partial charge in [0.05, 0.1) is 21.6 Å². The van der Waals surface area contributed by atoms with Crippen molar-refractivity contribution in [1.82, 2.24) is 20.5 Å². The van der Waals surface area contributed by atoms with Gasteiger partial charge in [0, 0.05) is 18.1 Å². The number of H-pyrrole nitrogens is 1. The van der Waals surface area contributed by atoms with E-state index >= 15 is 0 Å². The standard InChI is InChI=1S/C21H17FN4O3S/c1-13-2-5-17(22)9-19(13)30(28,29)18-6-3-14(4-7-18)10-24-21(27)16-8-15-12-25-26-20(15)23-11-16/h2-9,11-12H,10H2,1H3,(H,24,27)(H,23,25,26). The minimum atomic E-state index is -3.84. The summed E-state index contributed by atoms with van der Waals surface area (Å²) in [6, 6.07) is 11.5. The van der Waals surface area contributed by atoms with Gasteiger partial charge in [-0.15, -0.1) is 0 Å². The average molecular weight is 424 g/mol. The van der Waals surface area contributed by atoms with Crippen LogP contribution in [0.2, 0.25) is 0 Å². The summed E-state index contributed by atoms with van der Waals surface area (Å²) < 4.78 is 39.1. The molecular weight excluding hydrogens is 407 g/mol. The van der Waals surface area contributed by atoms with Gasteiger partial charge in [-0.3, -0.25) is 9.89 Å². The Morgan fingerprint density at radius 1 is 1.10 bits per heavy atom. The average Bonchev–Trinajstić information content (AvgIpc) is 3.22. The number of hydrogen-bond acceptors (Lipinski definition) is 5. The fourth-order valence-electron chi connectivity index (χ4n) is 3.02. The molecular formula is C21H17FN4O3S. The first-order valence-corrected chi connectivity index (χ1v) is 10.5. The number of aromatic amines is 1. The van der Waals surface area contributed by atoms with E-state index in [9.17, 15) is 17.6 Å². The van der Waals surface area contributed by atoms with Gasteiger partial charge in [-0.05, 0) is 48.4 Å². The van der Waals surface area contributed by atoms with Crippen molar-refractivity contribution in [2.75, 3.05) is 0 Å². The maximum Gasteiger partial charge on any atom is 0.253 e. The fourth-order valence-corrected chi connectivity index (χ4v) is 4.53. The summed E-state index contributed by atoms with van der Waals surface area (Å²) in [6.07, 6.45) is 3.03. The van der Waals surface area contributed by atoms with Crippen molar-refractivity contribution in [1.29, 1.82) is 0 Å². The molecule has 1 amide bonds. The number of rotatable bonds is 5. The maximum atomic E-state index is 13.5. The van der Waals surface area contributed by atoms with Crippen LogP contribution in [0.25, 0.3) is 11.0 Å². The lowest BCUT2D eigenvalue weighted by molar-refractivity contribution is 0.0950. The zero-order valence-corrected chi connectivity index (χ0v) is 16.7. The number of pyridine rings is 1. The molecule has 152 valence electrons. The highest BCUT2D eigenvalue weighted by Gasteiger charge is 2.20. The van der Waals surface area contributed by atoms with Crippen LogP contribution in [-0.4, -0.2) is 29.5 Å². The molecule has 9 heteroatoms. The van der Waals surface area contributed by atoms with Gasteiger partial charge in [0.1, 0.15) is 5.82 Å². The second kappa shape index (κ2) is 7.68. The number of hydrogen-bond donors (Lipinski definition) is 2. The summed E-state index contributed by atoms with van der Waals surface area (Å²) in [5.41, 5.74) is 2.17. The van der Waals surface area contributed by atoms with Crippen LogP contribution in [0.15, 0.2) is 70.7 Å². The molecule has 0 radical (unpaired) electrons. The van der Waals surface area contributed by atoms with E-state index in [1.54, 1.807) is 31.3 Å². The van der Waals surface area contributed by atoms with Crippen molar-refractivity contribution in [3.8, 4) is 0 Å². The number of sulfone groups is 1. The molecule has 0 aliphatic heterocycles. The largest absolute Gasteiger partial charge is 0.348 e. The maximum absolute atomic E-state index is 13.5. The molecule has 0 spiro atoms. The van der Waals surface area contributed by atoms with E-state index in [2.05, 4.69) is 20.5 Å². The van der Waals surface area contributed by atoms with Crippen LogP contribution >= 0.6 is 0 Å². The Bertz CT molecular complexity index is 1350. The monoisotopic (exact) mass is 424 g/mol. The lowest BCUT2D eigenvalue weighted by atomic mass is 10.2. The Morgan fingerprint density at radius 2 is 1.87 bits per heavy atom. The molecule has 4 rings (SSSR count). The van der Waals surface area contributed by atoms with Crippen molar-refractivity contribution in [3.05, 3.63) is 83.4 Å². The number of amides is 1. The zero-order chi connectivity index (χ0) is 21.3. The number of halogens is 1. The number of fused-ring (bicyclic) bond motifs is 1. The number of nitrogens with one attached hydrogen (secondary N) is 2. The Morgan fingerprint density at radius 3 is 2.63 bits per heavy atom. The van der Waals surface area contributed by atoms with E-state index in [0.29, 0.717) is 16.8 Å².